The molecule has 1 aromatic carbocycles. The zero-order valence-electron chi connectivity index (χ0n) is 16.1. The van der Waals surface area contributed by atoms with Crippen LogP contribution in [0.15, 0.2) is 35.3 Å². The molecule has 0 atom stereocenters. The van der Waals surface area contributed by atoms with Crippen molar-refractivity contribution in [3.63, 3.8) is 0 Å². The maximum atomic E-state index is 13.1. The molecule has 0 aromatic heterocycles. The van der Waals surface area contributed by atoms with Crippen LogP contribution < -0.4 is 10.2 Å². The molecule has 1 fully saturated rings. The van der Waals surface area contributed by atoms with E-state index in [1.54, 1.807) is 17.0 Å². The highest BCUT2D eigenvalue weighted by Crippen LogP contribution is 2.17. The Bertz CT molecular complexity index is 668. The van der Waals surface area contributed by atoms with Crippen LogP contribution in [0.5, 0.6) is 0 Å². The SMILES string of the molecule is CN1CCN(C(=O)N(C(=O)NC2=NCCCCCC2)c2ccccc2)CC1. The second-order valence-corrected chi connectivity index (χ2v) is 7.17. The van der Waals surface area contributed by atoms with Crippen molar-refractivity contribution < 1.29 is 9.59 Å². The van der Waals surface area contributed by atoms with E-state index in [9.17, 15) is 9.59 Å². The smallest absolute Gasteiger partial charge is 0.321 e. The predicted octanol–water partition coefficient (Wildman–Crippen LogP) is 2.93. The van der Waals surface area contributed by atoms with Crippen LogP contribution in [0.2, 0.25) is 0 Å². The van der Waals surface area contributed by atoms with Crippen LogP contribution in [0.3, 0.4) is 0 Å². The summed E-state index contributed by atoms with van der Waals surface area (Å²) >= 11 is 0. The summed E-state index contributed by atoms with van der Waals surface area (Å²) in [4.78, 5) is 35.9. The number of likely N-dealkylation sites (N-methyl/N-ethyl adjacent to an activating group) is 1. The number of amidine groups is 1. The molecule has 3 rings (SSSR count). The van der Waals surface area contributed by atoms with Crippen LogP contribution in [-0.4, -0.2) is 67.5 Å². The number of piperazine rings is 1. The fourth-order valence-electron chi connectivity index (χ4n) is 3.36. The number of nitrogens with one attached hydrogen (secondary N) is 1. The summed E-state index contributed by atoms with van der Waals surface area (Å²) in [7, 11) is 2.04. The third-order valence-electron chi connectivity index (χ3n) is 5.06. The highest BCUT2D eigenvalue weighted by Gasteiger charge is 2.30. The van der Waals surface area contributed by atoms with Gasteiger partial charge < -0.3 is 9.80 Å². The fourth-order valence-corrected chi connectivity index (χ4v) is 3.36. The molecule has 0 saturated carbocycles. The largest absolute Gasteiger partial charge is 0.335 e. The zero-order chi connectivity index (χ0) is 19.1. The van der Waals surface area contributed by atoms with Crippen molar-refractivity contribution in [3.8, 4) is 0 Å². The number of anilines is 1. The second kappa shape index (κ2) is 9.50. The number of para-hydroxylation sites is 1. The van der Waals surface area contributed by atoms with Gasteiger partial charge in [-0.1, -0.05) is 31.0 Å². The lowest BCUT2D eigenvalue weighted by atomic mass is 10.1. The Balaban J connectivity index is 1.77. The molecule has 0 radical (unpaired) electrons. The molecule has 27 heavy (non-hydrogen) atoms. The molecule has 2 aliphatic rings. The Morgan fingerprint density at radius 2 is 1.70 bits per heavy atom. The minimum Gasteiger partial charge on any atom is -0.321 e. The van der Waals surface area contributed by atoms with Crippen LogP contribution in [0.4, 0.5) is 15.3 Å². The number of rotatable bonds is 1. The first kappa shape index (κ1) is 19.4. The van der Waals surface area contributed by atoms with E-state index in [2.05, 4.69) is 15.2 Å². The number of benzene rings is 1. The number of hydrogen-bond acceptors (Lipinski definition) is 4. The van der Waals surface area contributed by atoms with Crippen LogP contribution in [0.25, 0.3) is 0 Å². The highest BCUT2D eigenvalue weighted by atomic mass is 16.2. The Labute approximate surface area is 161 Å². The molecule has 1 N–H and O–H groups in total. The topological polar surface area (TPSA) is 68.2 Å². The summed E-state index contributed by atoms with van der Waals surface area (Å²) in [6.07, 6.45) is 5.14. The van der Waals surface area contributed by atoms with E-state index in [1.807, 2.05) is 25.2 Å². The van der Waals surface area contributed by atoms with E-state index in [4.69, 9.17) is 0 Å². The Kier molecular flexibility index (Phi) is 6.81. The average molecular weight is 371 g/mol. The summed E-state index contributed by atoms with van der Waals surface area (Å²) in [6, 6.07) is 8.41. The normalized spacial score (nSPS) is 18.9. The molecule has 4 amide bonds. The molecule has 1 aromatic rings. The molecular formula is C20H29N5O2. The lowest BCUT2D eigenvalue weighted by Gasteiger charge is -2.35. The van der Waals surface area contributed by atoms with E-state index in [1.165, 1.54) is 11.3 Å². The monoisotopic (exact) mass is 371 g/mol. The molecule has 146 valence electrons. The zero-order valence-corrected chi connectivity index (χ0v) is 16.1. The van der Waals surface area contributed by atoms with Gasteiger partial charge in [0.1, 0.15) is 5.84 Å². The van der Waals surface area contributed by atoms with Crippen LogP contribution >= 0.6 is 0 Å². The van der Waals surface area contributed by atoms with Gasteiger partial charge in [0.05, 0.1) is 5.69 Å². The number of nitrogens with zero attached hydrogens (tertiary/aromatic N) is 4. The third kappa shape index (κ3) is 5.29. The molecule has 7 heteroatoms. The van der Waals surface area contributed by atoms with Gasteiger partial charge >= 0.3 is 12.1 Å². The van der Waals surface area contributed by atoms with E-state index >= 15 is 0 Å². The fraction of sp³-hybridized carbons (Fsp3) is 0.550. The summed E-state index contributed by atoms with van der Waals surface area (Å²) < 4.78 is 0. The number of imide groups is 1. The summed E-state index contributed by atoms with van der Waals surface area (Å²) in [5, 5.41) is 2.89. The number of carbonyl (C=O) groups excluding carboxylic acids is 2. The van der Waals surface area contributed by atoms with E-state index in [0.29, 0.717) is 24.6 Å². The number of urea groups is 2. The maximum absolute atomic E-state index is 13.1. The summed E-state index contributed by atoms with van der Waals surface area (Å²) in [5.74, 6) is 0.687. The van der Waals surface area contributed by atoms with Crippen LogP contribution in [0.1, 0.15) is 32.1 Å². The van der Waals surface area contributed by atoms with Gasteiger partial charge in [-0.15, -0.1) is 0 Å². The molecule has 0 bridgehead atoms. The van der Waals surface area contributed by atoms with Crippen LogP contribution in [0, 0.1) is 0 Å². The number of carbonyl (C=O) groups is 2. The van der Waals surface area contributed by atoms with Gasteiger partial charge in [0.2, 0.25) is 0 Å². The van der Waals surface area contributed by atoms with Gasteiger partial charge in [-0.05, 0) is 32.0 Å². The standard InChI is InChI=1S/C20H29N5O2/c1-23-13-15-24(16-14-23)20(27)25(17-9-5-4-6-10-17)19(26)22-18-11-7-2-3-8-12-21-18/h4-6,9-10H,2-3,7-8,11-16H2,1H3,(H,21,22,26). The van der Waals surface area contributed by atoms with Crippen LogP contribution in [-0.2, 0) is 0 Å². The molecule has 0 unspecified atom stereocenters. The molecule has 2 aliphatic heterocycles. The van der Waals surface area contributed by atoms with Crippen molar-refractivity contribution >= 4 is 23.6 Å². The maximum Gasteiger partial charge on any atom is 0.335 e. The summed E-state index contributed by atoms with van der Waals surface area (Å²) in [5.41, 5.74) is 0.574. The van der Waals surface area contributed by atoms with Crippen molar-refractivity contribution in [3.05, 3.63) is 30.3 Å². The molecule has 7 nitrogen and oxygen atoms in total. The number of hydrogen-bond donors (Lipinski definition) is 1. The van der Waals surface area contributed by atoms with Crippen molar-refractivity contribution in [2.75, 3.05) is 44.7 Å². The first-order chi connectivity index (χ1) is 13.1. The quantitative estimate of drug-likeness (QED) is 0.825. The van der Waals surface area contributed by atoms with E-state index in [-0.39, 0.29) is 6.03 Å². The van der Waals surface area contributed by atoms with Gasteiger partial charge in [0, 0.05) is 39.1 Å². The predicted molar refractivity (Wildman–Crippen MR) is 107 cm³/mol. The van der Waals surface area contributed by atoms with Gasteiger partial charge in [-0.25, -0.2) is 14.5 Å². The van der Waals surface area contributed by atoms with Gasteiger partial charge in [0.25, 0.3) is 0 Å². The Hall–Kier alpha value is -2.41. The van der Waals surface area contributed by atoms with Gasteiger partial charge in [-0.2, -0.15) is 0 Å². The van der Waals surface area contributed by atoms with Gasteiger partial charge in [-0.3, -0.25) is 10.3 Å². The first-order valence-corrected chi connectivity index (χ1v) is 9.82. The third-order valence-corrected chi connectivity index (χ3v) is 5.06. The van der Waals surface area contributed by atoms with Crippen molar-refractivity contribution in [1.82, 2.24) is 15.1 Å². The molecular weight excluding hydrogens is 342 g/mol. The van der Waals surface area contributed by atoms with Crippen molar-refractivity contribution in [2.45, 2.75) is 32.1 Å². The lowest BCUT2D eigenvalue weighted by molar-refractivity contribution is 0.159. The molecule has 1 saturated heterocycles. The lowest BCUT2D eigenvalue weighted by Crippen LogP contribution is -2.56. The molecule has 0 aliphatic carbocycles. The van der Waals surface area contributed by atoms with Gasteiger partial charge in [0.15, 0.2) is 0 Å². The first-order valence-electron chi connectivity index (χ1n) is 9.82. The van der Waals surface area contributed by atoms with E-state index < -0.39 is 6.03 Å². The minimum absolute atomic E-state index is 0.279. The van der Waals surface area contributed by atoms with Crippen molar-refractivity contribution in [1.29, 1.82) is 0 Å². The molecule has 0 spiro atoms. The molecule has 2 heterocycles. The summed E-state index contributed by atoms with van der Waals surface area (Å²) in [6.45, 7) is 3.58. The average Bonchev–Trinajstić information content (AvgIpc) is 2.65. The number of amides is 4. The Morgan fingerprint density at radius 1 is 1.00 bits per heavy atom. The van der Waals surface area contributed by atoms with E-state index in [0.717, 1.165) is 45.3 Å². The highest BCUT2D eigenvalue weighted by molar-refractivity contribution is 6.17. The number of aliphatic imine (C=N–C) groups is 1. The Morgan fingerprint density at radius 3 is 2.44 bits per heavy atom. The second-order valence-electron chi connectivity index (χ2n) is 7.17. The minimum atomic E-state index is -0.426. The van der Waals surface area contributed by atoms with Crippen molar-refractivity contribution in [2.24, 2.45) is 4.99 Å².